The van der Waals surface area contributed by atoms with E-state index in [0.29, 0.717) is 31.5 Å². The number of hydrogen-bond acceptors (Lipinski definition) is 4. The number of nitrogens with one attached hydrogen (secondary N) is 1. The summed E-state index contributed by atoms with van der Waals surface area (Å²) in [6, 6.07) is 9.56. The molecule has 1 N–H and O–H groups in total. The molecule has 1 aromatic heterocycles. The smallest absolute Gasteiger partial charge is 0.321 e. The lowest BCUT2D eigenvalue weighted by molar-refractivity contribution is 0.150. The lowest BCUT2D eigenvalue weighted by Crippen LogP contribution is -2.42. The summed E-state index contributed by atoms with van der Waals surface area (Å²) in [6.07, 6.45) is 1.67. The van der Waals surface area contributed by atoms with Crippen molar-refractivity contribution >= 4 is 11.7 Å². The molecule has 7 heteroatoms. The molecule has 2 aromatic rings. The molecule has 25 heavy (non-hydrogen) atoms. The molecule has 1 fully saturated rings. The highest BCUT2D eigenvalue weighted by Crippen LogP contribution is 2.20. The van der Waals surface area contributed by atoms with E-state index in [1.54, 1.807) is 29.2 Å². The highest BCUT2D eigenvalue weighted by atomic mass is 19.1. The van der Waals surface area contributed by atoms with E-state index in [9.17, 15) is 9.18 Å². The predicted molar refractivity (Wildman–Crippen MR) is 92.0 cm³/mol. The molecule has 1 saturated heterocycles. The van der Waals surface area contributed by atoms with Gasteiger partial charge in [-0.25, -0.2) is 9.18 Å². The third kappa shape index (κ3) is 4.65. The quantitative estimate of drug-likeness (QED) is 0.924. The highest BCUT2D eigenvalue weighted by Gasteiger charge is 2.23. The number of carbonyl (C=O) groups is 1. The number of likely N-dealkylation sites (tertiary alicyclic amines) is 1. The molecule has 3 rings (SSSR count). The second-order valence-electron chi connectivity index (χ2n) is 6.16. The first kappa shape index (κ1) is 17.1. The van der Waals surface area contributed by atoms with Gasteiger partial charge in [-0.15, -0.1) is 5.10 Å². The molecule has 0 atom stereocenters. The van der Waals surface area contributed by atoms with E-state index in [0.717, 1.165) is 18.5 Å². The van der Waals surface area contributed by atoms with Crippen molar-refractivity contribution in [2.24, 2.45) is 5.92 Å². The van der Waals surface area contributed by atoms with Crippen LogP contribution in [-0.2, 0) is 0 Å². The Morgan fingerprint density at radius 2 is 2.00 bits per heavy atom. The van der Waals surface area contributed by atoms with Crippen LogP contribution in [0.3, 0.4) is 0 Å². The largest absolute Gasteiger partial charge is 0.476 e. The lowest BCUT2D eigenvalue weighted by Gasteiger charge is -2.31. The normalized spacial score (nSPS) is 15.0. The Morgan fingerprint density at radius 1 is 1.24 bits per heavy atom. The summed E-state index contributed by atoms with van der Waals surface area (Å²) in [7, 11) is 0. The van der Waals surface area contributed by atoms with Gasteiger partial charge in [-0.1, -0.05) is 12.1 Å². The number of aryl methyl sites for hydroxylation is 1. The minimum absolute atomic E-state index is 0.205. The third-order valence-corrected chi connectivity index (χ3v) is 4.26. The van der Waals surface area contributed by atoms with E-state index in [1.807, 2.05) is 13.0 Å². The Kier molecular flexibility index (Phi) is 5.42. The zero-order valence-corrected chi connectivity index (χ0v) is 14.1. The van der Waals surface area contributed by atoms with E-state index in [-0.39, 0.29) is 11.7 Å². The summed E-state index contributed by atoms with van der Waals surface area (Å²) in [6.45, 7) is 3.67. The Balaban J connectivity index is 1.44. The molecule has 0 saturated carbocycles. The number of hydrogen-bond donors (Lipinski definition) is 1. The van der Waals surface area contributed by atoms with Crippen LogP contribution in [0.15, 0.2) is 36.4 Å². The molecule has 0 radical (unpaired) electrons. The van der Waals surface area contributed by atoms with Crippen LogP contribution in [0.4, 0.5) is 14.9 Å². The molecule has 2 heterocycles. The summed E-state index contributed by atoms with van der Waals surface area (Å²) >= 11 is 0. The Morgan fingerprint density at radius 3 is 2.68 bits per heavy atom. The van der Waals surface area contributed by atoms with E-state index in [2.05, 4.69) is 15.5 Å². The van der Waals surface area contributed by atoms with Crippen molar-refractivity contribution in [3.63, 3.8) is 0 Å². The topological polar surface area (TPSA) is 67.3 Å². The number of benzene rings is 1. The first-order valence-corrected chi connectivity index (χ1v) is 8.35. The standard InChI is InChI=1S/C18H21FN4O2/c1-13-6-7-17(22-21-13)25-12-14-8-10-23(11-9-14)18(24)20-16-5-3-2-4-15(16)19/h2-7,14H,8-12H2,1H3,(H,20,24). The highest BCUT2D eigenvalue weighted by molar-refractivity contribution is 5.89. The van der Waals surface area contributed by atoms with Gasteiger partial charge in [-0.2, -0.15) is 5.10 Å². The summed E-state index contributed by atoms with van der Waals surface area (Å²) < 4.78 is 19.3. The lowest BCUT2D eigenvalue weighted by atomic mass is 9.98. The number of urea groups is 1. The molecule has 1 aliphatic rings. The molecular formula is C18H21FN4O2. The SMILES string of the molecule is Cc1ccc(OCC2CCN(C(=O)Nc3ccccc3F)CC2)nn1. The molecule has 0 aliphatic carbocycles. The molecule has 6 nitrogen and oxygen atoms in total. The van der Waals surface area contributed by atoms with Crippen molar-refractivity contribution in [3.05, 3.63) is 47.9 Å². The van der Waals surface area contributed by atoms with Gasteiger partial charge in [0.2, 0.25) is 5.88 Å². The van der Waals surface area contributed by atoms with Gasteiger partial charge >= 0.3 is 6.03 Å². The van der Waals surface area contributed by atoms with E-state index in [1.165, 1.54) is 6.07 Å². The van der Waals surface area contributed by atoms with Gasteiger partial charge in [0.25, 0.3) is 0 Å². The minimum Gasteiger partial charge on any atom is -0.476 e. The predicted octanol–water partition coefficient (Wildman–Crippen LogP) is 3.25. The third-order valence-electron chi connectivity index (χ3n) is 4.26. The van der Waals surface area contributed by atoms with Crippen molar-refractivity contribution in [2.75, 3.05) is 25.0 Å². The number of amides is 2. The average molecular weight is 344 g/mol. The van der Waals surface area contributed by atoms with Crippen LogP contribution in [0.5, 0.6) is 5.88 Å². The van der Waals surface area contributed by atoms with Crippen LogP contribution in [0, 0.1) is 18.7 Å². The van der Waals surface area contributed by atoms with Gasteiger partial charge in [0.05, 0.1) is 18.0 Å². The van der Waals surface area contributed by atoms with Crippen molar-refractivity contribution in [1.29, 1.82) is 0 Å². The second kappa shape index (κ2) is 7.92. The van der Waals surface area contributed by atoms with Crippen LogP contribution >= 0.6 is 0 Å². The fourth-order valence-electron chi connectivity index (χ4n) is 2.73. The molecule has 0 bridgehead atoms. The number of piperidine rings is 1. The summed E-state index contributed by atoms with van der Waals surface area (Å²) in [4.78, 5) is 13.9. The zero-order valence-electron chi connectivity index (χ0n) is 14.1. The van der Waals surface area contributed by atoms with Crippen molar-refractivity contribution in [2.45, 2.75) is 19.8 Å². The molecule has 0 spiro atoms. The Hall–Kier alpha value is -2.70. The molecular weight excluding hydrogens is 323 g/mol. The molecule has 1 aliphatic heterocycles. The number of rotatable bonds is 4. The van der Waals surface area contributed by atoms with Crippen LogP contribution < -0.4 is 10.1 Å². The molecule has 2 amide bonds. The monoisotopic (exact) mass is 344 g/mol. The first-order valence-electron chi connectivity index (χ1n) is 8.35. The number of carbonyl (C=O) groups excluding carboxylic acids is 1. The maximum atomic E-state index is 13.6. The molecule has 0 unspecified atom stereocenters. The number of para-hydroxylation sites is 1. The van der Waals surface area contributed by atoms with Crippen LogP contribution in [-0.4, -0.2) is 40.8 Å². The van der Waals surface area contributed by atoms with Crippen molar-refractivity contribution in [3.8, 4) is 5.88 Å². The number of aromatic nitrogens is 2. The van der Waals surface area contributed by atoms with Crippen LogP contribution in [0.1, 0.15) is 18.5 Å². The van der Waals surface area contributed by atoms with Crippen LogP contribution in [0.25, 0.3) is 0 Å². The maximum Gasteiger partial charge on any atom is 0.321 e. The van der Waals surface area contributed by atoms with Gasteiger partial charge in [0.1, 0.15) is 5.82 Å². The van der Waals surface area contributed by atoms with E-state index in [4.69, 9.17) is 4.74 Å². The Labute approximate surface area is 146 Å². The number of halogens is 1. The fourth-order valence-corrected chi connectivity index (χ4v) is 2.73. The van der Waals surface area contributed by atoms with Gasteiger partial charge in [-0.3, -0.25) is 0 Å². The van der Waals surface area contributed by atoms with E-state index < -0.39 is 5.82 Å². The fraction of sp³-hybridized carbons (Fsp3) is 0.389. The Bertz CT molecular complexity index is 715. The van der Waals surface area contributed by atoms with Crippen molar-refractivity contribution in [1.82, 2.24) is 15.1 Å². The number of nitrogens with zero attached hydrogens (tertiary/aromatic N) is 3. The first-order chi connectivity index (χ1) is 12.1. The van der Waals surface area contributed by atoms with Crippen molar-refractivity contribution < 1.29 is 13.9 Å². The summed E-state index contributed by atoms with van der Waals surface area (Å²) in [5.41, 5.74) is 1.05. The summed E-state index contributed by atoms with van der Waals surface area (Å²) in [5, 5.41) is 10.6. The second-order valence-corrected chi connectivity index (χ2v) is 6.16. The summed E-state index contributed by atoms with van der Waals surface area (Å²) in [5.74, 6) is 0.448. The molecule has 1 aromatic carbocycles. The minimum atomic E-state index is -0.432. The number of anilines is 1. The average Bonchev–Trinajstić information content (AvgIpc) is 2.63. The van der Waals surface area contributed by atoms with Crippen LogP contribution in [0.2, 0.25) is 0 Å². The van der Waals surface area contributed by atoms with Gasteiger partial charge in [0.15, 0.2) is 0 Å². The van der Waals surface area contributed by atoms with Gasteiger partial charge < -0.3 is 15.0 Å². The van der Waals surface area contributed by atoms with E-state index >= 15 is 0 Å². The zero-order chi connectivity index (χ0) is 17.6. The van der Waals surface area contributed by atoms with Gasteiger partial charge in [-0.05, 0) is 43.9 Å². The maximum absolute atomic E-state index is 13.6. The number of ether oxygens (including phenoxy) is 1. The molecule has 132 valence electrons. The van der Waals surface area contributed by atoms with Gasteiger partial charge in [0, 0.05) is 19.2 Å².